The van der Waals surface area contributed by atoms with E-state index in [1.54, 1.807) is 0 Å². The first kappa shape index (κ1) is 12.9. The summed E-state index contributed by atoms with van der Waals surface area (Å²) >= 11 is 3.56. The summed E-state index contributed by atoms with van der Waals surface area (Å²) < 4.78 is 1.19. The average Bonchev–Trinajstić information content (AvgIpc) is 2.45. The van der Waals surface area contributed by atoms with Crippen molar-refractivity contribution in [1.29, 1.82) is 0 Å². The van der Waals surface area contributed by atoms with Gasteiger partial charge in [-0.3, -0.25) is 0 Å². The van der Waals surface area contributed by atoms with E-state index < -0.39 is 0 Å². The molecule has 94 valence electrons. The third-order valence-corrected chi connectivity index (χ3v) is 4.42. The van der Waals surface area contributed by atoms with E-state index in [9.17, 15) is 0 Å². The fourth-order valence-corrected chi connectivity index (χ4v) is 2.65. The molecule has 2 unspecified atom stereocenters. The highest BCUT2D eigenvalue weighted by atomic mass is 79.9. The van der Waals surface area contributed by atoms with Crippen LogP contribution in [-0.4, -0.2) is 25.2 Å². The van der Waals surface area contributed by atoms with E-state index in [1.165, 1.54) is 22.1 Å². The summed E-state index contributed by atoms with van der Waals surface area (Å²) in [5, 5.41) is 3.55. The van der Waals surface area contributed by atoms with Gasteiger partial charge in [-0.15, -0.1) is 0 Å². The van der Waals surface area contributed by atoms with E-state index in [-0.39, 0.29) is 0 Å². The molecule has 2 rings (SSSR count). The van der Waals surface area contributed by atoms with Crippen LogP contribution in [0.5, 0.6) is 0 Å². The van der Waals surface area contributed by atoms with E-state index in [1.807, 2.05) is 0 Å². The van der Waals surface area contributed by atoms with E-state index >= 15 is 0 Å². The third-order valence-electron chi connectivity index (χ3n) is 3.53. The normalized spacial score (nSPS) is 25.8. The summed E-state index contributed by atoms with van der Waals surface area (Å²) in [7, 11) is 0. The Labute approximate surface area is 113 Å². The Morgan fingerprint density at radius 3 is 2.82 bits per heavy atom. The van der Waals surface area contributed by atoms with Gasteiger partial charge in [0.05, 0.1) is 0 Å². The molecule has 2 nitrogen and oxygen atoms in total. The van der Waals surface area contributed by atoms with Crippen molar-refractivity contribution in [3.05, 3.63) is 28.2 Å². The zero-order valence-electron chi connectivity index (χ0n) is 10.8. The summed E-state index contributed by atoms with van der Waals surface area (Å²) in [6.45, 7) is 8.93. The highest BCUT2D eigenvalue weighted by Crippen LogP contribution is 2.25. The van der Waals surface area contributed by atoms with Crippen LogP contribution in [0.25, 0.3) is 0 Å². The lowest BCUT2D eigenvalue weighted by molar-refractivity contribution is 0.585. The largest absolute Gasteiger partial charge is 0.367 e. The van der Waals surface area contributed by atoms with Gasteiger partial charge in [-0.1, -0.05) is 15.9 Å². The number of nitrogens with one attached hydrogen (secondary N) is 1. The lowest BCUT2D eigenvalue weighted by Gasteiger charge is -2.31. The van der Waals surface area contributed by atoms with Crippen molar-refractivity contribution in [3.8, 4) is 0 Å². The Bertz CT molecular complexity index is 392. The van der Waals surface area contributed by atoms with Crippen molar-refractivity contribution < 1.29 is 0 Å². The predicted octanol–water partition coefficient (Wildman–Crippen LogP) is 3.33. The molecular weight excluding hydrogens is 276 g/mol. The molecule has 1 heterocycles. The van der Waals surface area contributed by atoms with E-state index in [2.05, 4.69) is 65.1 Å². The first-order chi connectivity index (χ1) is 8.08. The van der Waals surface area contributed by atoms with Crippen molar-refractivity contribution in [2.24, 2.45) is 0 Å². The first-order valence-electron chi connectivity index (χ1n) is 6.34. The Kier molecular flexibility index (Phi) is 4.10. The second-order valence-corrected chi connectivity index (χ2v) is 5.93. The monoisotopic (exact) mass is 296 g/mol. The maximum absolute atomic E-state index is 3.56. The highest BCUT2D eigenvalue weighted by molar-refractivity contribution is 9.10. The topological polar surface area (TPSA) is 15.3 Å². The van der Waals surface area contributed by atoms with Crippen LogP contribution in [0.3, 0.4) is 0 Å². The molecule has 0 radical (unpaired) electrons. The molecule has 0 amide bonds. The second kappa shape index (κ2) is 5.40. The van der Waals surface area contributed by atoms with Crippen molar-refractivity contribution in [2.45, 2.75) is 39.3 Å². The fraction of sp³-hybridized carbons (Fsp3) is 0.571. The molecule has 1 aliphatic heterocycles. The van der Waals surface area contributed by atoms with Crippen molar-refractivity contribution in [1.82, 2.24) is 5.32 Å². The lowest BCUT2D eigenvalue weighted by Crippen LogP contribution is -2.38. The van der Waals surface area contributed by atoms with Gasteiger partial charge in [0.25, 0.3) is 0 Å². The van der Waals surface area contributed by atoms with Gasteiger partial charge in [0.2, 0.25) is 0 Å². The molecule has 0 bridgehead atoms. The van der Waals surface area contributed by atoms with Crippen LogP contribution in [0.15, 0.2) is 22.7 Å². The molecule has 17 heavy (non-hydrogen) atoms. The van der Waals surface area contributed by atoms with Crippen LogP contribution >= 0.6 is 15.9 Å². The summed E-state index contributed by atoms with van der Waals surface area (Å²) in [4.78, 5) is 2.52. The maximum Gasteiger partial charge on any atom is 0.0372 e. The molecule has 1 N–H and O–H groups in total. The quantitative estimate of drug-likeness (QED) is 0.855. The number of nitrogens with zero attached hydrogens (tertiary/aromatic N) is 1. The third kappa shape index (κ3) is 3.02. The molecule has 3 heteroatoms. The zero-order chi connectivity index (χ0) is 12.4. The molecule has 1 fully saturated rings. The summed E-state index contributed by atoms with van der Waals surface area (Å²) in [6, 6.07) is 7.81. The minimum Gasteiger partial charge on any atom is -0.367 e. The minimum absolute atomic E-state index is 0.559. The minimum atomic E-state index is 0.559. The molecule has 0 saturated carbocycles. The summed E-state index contributed by atoms with van der Waals surface area (Å²) in [6.07, 6.45) is 1.21. The number of hydrogen-bond acceptors (Lipinski definition) is 2. The molecule has 0 spiro atoms. The first-order valence-corrected chi connectivity index (χ1v) is 7.13. The van der Waals surface area contributed by atoms with Gasteiger partial charge in [-0.05, 0) is 57.5 Å². The van der Waals surface area contributed by atoms with Crippen LogP contribution in [0, 0.1) is 6.92 Å². The molecule has 1 saturated heterocycles. The highest BCUT2D eigenvalue weighted by Gasteiger charge is 2.20. The number of halogens is 1. The second-order valence-electron chi connectivity index (χ2n) is 5.08. The molecule has 0 aliphatic carbocycles. The number of aryl methyl sites for hydroxylation is 1. The molecular formula is C14H21BrN2. The Balaban J connectivity index is 2.26. The van der Waals surface area contributed by atoms with Gasteiger partial charge in [-0.2, -0.15) is 0 Å². The van der Waals surface area contributed by atoms with Crippen molar-refractivity contribution >= 4 is 21.6 Å². The number of hydrogen-bond donors (Lipinski definition) is 1. The SMILES string of the molecule is Cc1cc(N2CC(C)NCCC2C)ccc1Br. The number of anilines is 1. The van der Waals surface area contributed by atoms with Gasteiger partial charge in [0.15, 0.2) is 0 Å². The smallest absolute Gasteiger partial charge is 0.0372 e. The van der Waals surface area contributed by atoms with Crippen LogP contribution in [0.2, 0.25) is 0 Å². The van der Waals surface area contributed by atoms with Gasteiger partial charge >= 0.3 is 0 Å². The van der Waals surface area contributed by atoms with Crippen LogP contribution in [-0.2, 0) is 0 Å². The fourth-order valence-electron chi connectivity index (χ4n) is 2.40. The molecule has 1 aromatic carbocycles. The van der Waals surface area contributed by atoms with E-state index in [0.29, 0.717) is 12.1 Å². The van der Waals surface area contributed by atoms with Gasteiger partial charge in [0.1, 0.15) is 0 Å². The van der Waals surface area contributed by atoms with Gasteiger partial charge < -0.3 is 10.2 Å². The average molecular weight is 297 g/mol. The summed E-state index contributed by atoms with van der Waals surface area (Å²) in [5.41, 5.74) is 2.65. The van der Waals surface area contributed by atoms with Crippen LogP contribution in [0.1, 0.15) is 25.8 Å². The zero-order valence-corrected chi connectivity index (χ0v) is 12.4. The standard InChI is InChI=1S/C14H21BrN2/c1-10-8-13(4-5-14(10)15)17-9-11(2)16-7-6-12(17)3/h4-5,8,11-12,16H,6-7,9H2,1-3H3. The predicted molar refractivity (Wildman–Crippen MR) is 77.8 cm³/mol. The van der Waals surface area contributed by atoms with E-state index in [0.717, 1.165) is 13.1 Å². The molecule has 1 aliphatic rings. The van der Waals surface area contributed by atoms with E-state index in [4.69, 9.17) is 0 Å². The summed E-state index contributed by atoms with van der Waals surface area (Å²) in [5.74, 6) is 0. The number of benzene rings is 1. The van der Waals surface area contributed by atoms with Gasteiger partial charge in [0, 0.05) is 28.8 Å². The molecule has 1 aromatic rings. The number of rotatable bonds is 1. The Hall–Kier alpha value is -0.540. The van der Waals surface area contributed by atoms with Crippen molar-refractivity contribution in [2.75, 3.05) is 18.0 Å². The van der Waals surface area contributed by atoms with Crippen molar-refractivity contribution in [3.63, 3.8) is 0 Å². The Morgan fingerprint density at radius 1 is 1.35 bits per heavy atom. The van der Waals surface area contributed by atoms with Gasteiger partial charge in [-0.25, -0.2) is 0 Å². The maximum atomic E-state index is 3.56. The molecule has 2 atom stereocenters. The molecule has 0 aromatic heterocycles. The van der Waals surface area contributed by atoms with Crippen LogP contribution in [0.4, 0.5) is 5.69 Å². The lowest BCUT2D eigenvalue weighted by atomic mass is 10.1. The Morgan fingerprint density at radius 2 is 2.12 bits per heavy atom. The van der Waals surface area contributed by atoms with Crippen LogP contribution < -0.4 is 10.2 Å².